The highest BCUT2D eigenvalue weighted by Crippen LogP contribution is 2.47. The van der Waals surface area contributed by atoms with E-state index in [4.69, 9.17) is 10.5 Å². The Labute approximate surface area is 129 Å². The highest BCUT2D eigenvalue weighted by atomic mass is 79.9. The van der Waals surface area contributed by atoms with Crippen LogP contribution < -0.4 is 10.5 Å². The Balaban J connectivity index is 2.24. The van der Waals surface area contributed by atoms with Gasteiger partial charge in [-0.25, -0.2) is 0 Å². The SMILES string of the molecule is COc1ccc(C(O)C2(CN)CCC(C)CC2)cc1Br. The van der Waals surface area contributed by atoms with E-state index < -0.39 is 6.10 Å². The third-order valence-electron chi connectivity index (χ3n) is 4.75. The maximum Gasteiger partial charge on any atom is 0.133 e. The molecular weight excluding hydrogens is 318 g/mol. The maximum absolute atomic E-state index is 10.8. The molecule has 20 heavy (non-hydrogen) atoms. The summed E-state index contributed by atoms with van der Waals surface area (Å²) in [6, 6.07) is 5.76. The number of halogens is 1. The van der Waals surface area contributed by atoms with Crippen LogP contribution in [-0.4, -0.2) is 18.8 Å². The van der Waals surface area contributed by atoms with Crippen molar-refractivity contribution in [3.05, 3.63) is 28.2 Å². The van der Waals surface area contributed by atoms with Crippen LogP contribution in [0.5, 0.6) is 5.75 Å². The van der Waals surface area contributed by atoms with E-state index in [-0.39, 0.29) is 5.41 Å². The van der Waals surface area contributed by atoms with E-state index in [1.807, 2.05) is 18.2 Å². The fourth-order valence-electron chi connectivity index (χ4n) is 3.13. The summed E-state index contributed by atoms with van der Waals surface area (Å²) in [4.78, 5) is 0. The molecule has 0 radical (unpaired) electrons. The molecule has 0 aromatic heterocycles. The van der Waals surface area contributed by atoms with Crippen molar-refractivity contribution in [1.29, 1.82) is 0 Å². The van der Waals surface area contributed by atoms with Gasteiger partial charge in [0.1, 0.15) is 5.75 Å². The van der Waals surface area contributed by atoms with Gasteiger partial charge in [-0.05, 0) is 52.4 Å². The van der Waals surface area contributed by atoms with Gasteiger partial charge in [-0.1, -0.05) is 25.8 Å². The lowest BCUT2D eigenvalue weighted by Gasteiger charge is -2.42. The quantitative estimate of drug-likeness (QED) is 0.878. The third kappa shape index (κ3) is 3.02. The molecule has 1 atom stereocenters. The summed E-state index contributed by atoms with van der Waals surface area (Å²) in [7, 11) is 1.64. The van der Waals surface area contributed by atoms with Crippen molar-refractivity contribution < 1.29 is 9.84 Å². The summed E-state index contributed by atoms with van der Waals surface area (Å²) in [5, 5.41) is 10.8. The van der Waals surface area contributed by atoms with Crippen LogP contribution in [-0.2, 0) is 0 Å². The molecule has 1 unspecified atom stereocenters. The lowest BCUT2D eigenvalue weighted by atomic mass is 9.66. The van der Waals surface area contributed by atoms with E-state index in [0.29, 0.717) is 6.54 Å². The predicted octanol–water partition coefficient (Wildman–Crippen LogP) is 3.65. The molecule has 112 valence electrons. The lowest BCUT2D eigenvalue weighted by Crippen LogP contribution is -2.39. The number of aliphatic hydroxyl groups is 1. The fraction of sp³-hybridized carbons (Fsp3) is 0.625. The van der Waals surface area contributed by atoms with Crippen LogP contribution in [0.1, 0.15) is 44.3 Å². The first kappa shape index (κ1) is 15.8. The van der Waals surface area contributed by atoms with Gasteiger partial charge >= 0.3 is 0 Å². The minimum atomic E-state index is -0.512. The van der Waals surface area contributed by atoms with E-state index in [0.717, 1.165) is 47.4 Å². The zero-order chi connectivity index (χ0) is 14.8. The maximum atomic E-state index is 10.8. The topological polar surface area (TPSA) is 55.5 Å². The molecule has 1 aliphatic rings. The molecule has 0 spiro atoms. The molecule has 1 aromatic rings. The standard InChI is InChI=1S/C16H24BrNO2/c1-11-5-7-16(10-18,8-6-11)15(19)12-3-4-14(20-2)13(17)9-12/h3-4,9,11,15,19H,5-8,10,18H2,1-2H3. The van der Waals surface area contributed by atoms with E-state index >= 15 is 0 Å². The zero-order valence-electron chi connectivity index (χ0n) is 12.2. The smallest absolute Gasteiger partial charge is 0.133 e. The van der Waals surface area contributed by atoms with Crippen molar-refractivity contribution in [2.45, 2.75) is 38.7 Å². The van der Waals surface area contributed by atoms with Crippen molar-refractivity contribution >= 4 is 15.9 Å². The monoisotopic (exact) mass is 341 g/mol. The number of hydrogen-bond donors (Lipinski definition) is 2. The molecule has 1 aromatic carbocycles. The summed E-state index contributed by atoms with van der Waals surface area (Å²) < 4.78 is 6.11. The van der Waals surface area contributed by atoms with Gasteiger partial charge in [0, 0.05) is 12.0 Å². The number of hydrogen-bond acceptors (Lipinski definition) is 3. The number of benzene rings is 1. The number of nitrogens with two attached hydrogens (primary N) is 1. The van der Waals surface area contributed by atoms with Crippen LogP contribution >= 0.6 is 15.9 Å². The summed E-state index contributed by atoms with van der Waals surface area (Å²) >= 11 is 3.48. The summed E-state index contributed by atoms with van der Waals surface area (Å²) in [5.74, 6) is 1.52. The molecule has 2 rings (SSSR count). The Bertz CT molecular complexity index is 456. The molecule has 3 nitrogen and oxygen atoms in total. The summed E-state index contributed by atoms with van der Waals surface area (Å²) in [6.45, 7) is 2.81. The van der Waals surface area contributed by atoms with E-state index in [1.165, 1.54) is 0 Å². The molecule has 1 aliphatic carbocycles. The highest BCUT2D eigenvalue weighted by Gasteiger charge is 2.40. The van der Waals surface area contributed by atoms with E-state index in [1.54, 1.807) is 7.11 Å². The predicted molar refractivity (Wildman–Crippen MR) is 84.8 cm³/mol. The molecule has 0 saturated heterocycles. The van der Waals surface area contributed by atoms with E-state index in [2.05, 4.69) is 22.9 Å². The first-order valence-corrected chi connectivity index (χ1v) is 8.03. The summed E-state index contributed by atoms with van der Waals surface area (Å²) in [5.41, 5.74) is 6.75. The Morgan fingerprint density at radius 2 is 2.10 bits per heavy atom. The number of aliphatic hydroxyl groups excluding tert-OH is 1. The minimum absolute atomic E-state index is 0.180. The first-order valence-electron chi connectivity index (χ1n) is 7.24. The molecule has 0 amide bonds. The average Bonchev–Trinajstić information content (AvgIpc) is 2.47. The van der Waals surface area contributed by atoms with Crippen molar-refractivity contribution in [1.82, 2.24) is 0 Å². The van der Waals surface area contributed by atoms with Crippen LogP contribution in [0.15, 0.2) is 22.7 Å². The zero-order valence-corrected chi connectivity index (χ0v) is 13.8. The molecule has 1 saturated carbocycles. The number of ether oxygens (including phenoxy) is 1. The van der Waals surface area contributed by atoms with Gasteiger partial charge in [0.05, 0.1) is 17.7 Å². The minimum Gasteiger partial charge on any atom is -0.496 e. The Morgan fingerprint density at radius 1 is 1.45 bits per heavy atom. The highest BCUT2D eigenvalue weighted by molar-refractivity contribution is 9.10. The average molecular weight is 342 g/mol. The van der Waals surface area contributed by atoms with Crippen molar-refractivity contribution in [3.8, 4) is 5.75 Å². The van der Waals surface area contributed by atoms with Crippen molar-refractivity contribution in [2.75, 3.05) is 13.7 Å². The van der Waals surface area contributed by atoms with Gasteiger partial charge in [-0.2, -0.15) is 0 Å². The first-order chi connectivity index (χ1) is 9.52. The van der Waals surface area contributed by atoms with Gasteiger partial charge in [-0.3, -0.25) is 0 Å². The van der Waals surface area contributed by atoms with Crippen LogP contribution in [0.3, 0.4) is 0 Å². The molecule has 0 heterocycles. The third-order valence-corrected chi connectivity index (χ3v) is 5.37. The van der Waals surface area contributed by atoms with Crippen LogP contribution in [0, 0.1) is 11.3 Å². The Morgan fingerprint density at radius 3 is 2.60 bits per heavy atom. The molecule has 0 aliphatic heterocycles. The number of methoxy groups -OCH3 is 1. The van der Waals surface area contributed by atoms with Crippen molar-refractivity contribution in [3.63, 3.8) is 0 Å². The van der Waals surface area contributed by atoms with Gasteiger partial charge in [0.15, 0.2) is 0 Å². The Hall–Kier alpha value is -0.580. The number of rotatable bonds is 4. The van der Waals surface area contributed by atoms with E-state index in [9.17, 15) is 5.11 Å². The normalized spacial score (nSPS) is 28.1. The molecule has 4 heteroatoms. The molecular formula is C16H24BrNO2. The molecule has 1 fully saturated rings. The van der Waals surface area contributed by atoms with Crippen LogP contribution in [0.4, 0.5) is 0 Å². The van der Waals surface area contributed by atoms with Gasteiger partial charge in [-0.15, -0.1) is 0 Å². The van der Waals surface area contributed by atoms with Crippen LogP contribution in [0.25, 0.3) is 0 Å². The van der Waals surface area contributed by atoms with Gasteiger partial charge < -0.3 is 15.6 Å². The second-order valence-electron chi connectivity index (χ2n) is 6.05. The molecule has 3 N–H and O–H groups in total. The second kappa shape index (κ2) is 6.46. The lowest BCUT2D eigenvalue weighted by molar-refractivity contribution is -0.00823. The Kier molecular flexibility index (Phi) is 5.10. The second-order valence-corrected chi connectivity index (χ2v) is 6.90. The molecule has 0 bridgehead atoms. The summed E-state index contributed by atoms with van der Waals surface area (Å²) in [6.07, 6.45) is 3.77. The van der Waals surface area contributed by atoms with Gasteiger partial charge in [0.25, 0.3) is 0 Å². The largest absolute Gasteiger partial charge is 0.496 e. The van der Waals surface area contributed by atoms with Gasteiger partial charge in [0.2, 0.25) is 0 Å². The fourth-order valence-corrected chi connectivity index (χ4v) is 3.69. The van der Waals surface area contributed by atoms with Crippen LogP contribution in [0.2, 0.25) is 0 Å². The van der Waals surface area contributed by atoms with Crippen molar-refractivity contribution in [2.24, 2.45) is 17.1 Å².